The summed E-state index contributed by atoms with van der Waals surface area (Å²) in [5, 5.41) is -0.586. The van der Waals surface area contributed by atoms with E-state index in [1.54, 1.807) is 0 Å². The normalized spacial score (nSPS) is 60.4. The number of rotatable bonds is 1. The molecule has 0 amide bonds. The average Bonchev–Trinajstić information content (AvgIpc) is 2.73. The highest BCUT2D eigenvalue weighted by molar-refractivity contribution is 9.11. The Bertz CT molecular complexity index is 708. The van der Waals surface area contributed by atoms with Gasteiger partial charge in [-0.25, -0.2) is 4.98 Å². The zero-order valence-corrected chi connectivity index (χ0v) is 8.58. The summed E-state index contributed by atoms with van der Waals surface area (Å²) in [5.41, 5.74) is 0. The average molecular weight is 274 g/mol. The lowest BCUT2D eigenvalue weighted by atomic mass is 10.0. The zero-order chi connectivity index (χ0) is 20.7. The molecule has 1 fully saturated rings. The number of thiazole rings is 1. The van der Waals surface area contributed by atoms with Crippen molar-refractivity contribution in [2.75, 3.05) is 17.9 Å². The van der Waals surface area contributed by atoms with E-state index in [-0.39, 0.29) is 8.69 Å². The maximum absolute atomic E-state index is 8.21. The topological polar surface area (TPSA) is 16.1 Å². The maximum atomic E-state index is 8.21. The van der Waals surface area contributed by atoms with Gasteiger partial charge in [-0.3, -0.25) is 0 Å². The summed E-state index contributed by atoms with van der Waals surface area (Å²) in [6.07, 6.45) is -7.77. The fourth-order valence-electron chi connectivity index (χ4n) is 0.723. The number of piperidine rings is 1. The molecule has 1 aliphatic heterocycles. The van der Waals surface area contributed by atoms with E-state index in [2.05, 4.69) is 20.9 Å². The van der Waals surface area contributed by atoms with Crippen LogP contribution in [0.5, 0.6) is 0 Å². The van der Waals surface area contributed by atoms with Crippen molar-refractivity contribution >= 4 is 32.4 Å². The molecule has 0 N–H and O–H groups in total. The van der Waals surface area contributed by atoms with Gasteiger partial charge in [-0.15, -0.1) is 0 Å². The summed E-state index contributed by atoms with van der Waals surface area (Å²) in [4.78, 5) is 3.64. The van der Waals surface area contributed by atoms with Gasteiger partial charge in [-0.05, 0) is 34.6 Å². The number of hydrogen-bond donors (Lipinski definition) is 0. The third-order valence-corrected chi connectivity index (χ3v) is 2.58. The van der Waals surface area contributed by atoms with Gasteiger partial charge >= 0.3 is 0 Å². The van der Waals surface area contributed by atoms with Gasteiger partial charge in [0.1, 0.15) is 0 Å². The van der Waals surface area contributed by atoms with Gasteiger partial charge in [0.25, 0.3) is 0 Å². The Morgan fingerprint density at radius 2 is 3.00 bits per heavy atom. The summed E-state index contributed by atoms with van der Waals surface area (Å²) in [7, 11) is 0. The second-order valence-corrected chi connectivity index (χ2v) is 4.36. The molecule has 1 atom stereocenters. The minimum atomic E-state index is -3.74. The second kappa shape index (κ2) is 3.96. The van der Waals surface area contributed by atoms with Gasteiger partial charge < -0.3 is 4.90 Å². The Kier molecular flexibility index (Phi) is 0.771. The first-order valence-electron chi connectivity index (χ1n) is 9.72. The Hall–Kier alpha value is -0.0900. The molecule has 4 heteroatoms. The lowest BCUT2D eigenvalue weighted by Crippen LogP contribution is -2.34. The van der Waals surface area contributed by atoms with Gasteiger partial charge in [0.15, 0.2) is 5.13 Å². The first-order valence-corrected chi connectivity index (χ1v) is 4.82. The smallest absolute Gasteiger partial charge is 0.186 e. The number of halogens is 1. The van der Waals surface area contributed by atoms with Crippen LogP contribution in [-0.4, -0.2) is 18.0 Å². The van der Waals surface area contributed by atoms with Crippen LogP contribution < -0.4 is 4.90 Å². The van der Waals surface area contributed by atoms with E-state index in [9.17, 15) is 0 Å². The van der Waals surface area contributed by atoms with Crippen LogP contribution in [0.2, 0.25) is 0 Å². The van der Waals surface area contributed by atoms with E-state index in [4.69, 9.17) is 17.8 Å². The molecule has 72 valence electrons. The quantitative estimate of drug-likeness (QED) is 0.782. The van der Waals surface area contributed by atoms with Crippen LogP contribution in [0.1, 0.15) is 37.4 Å². The molecule has 0 radical (unpaired) electrons. The van der Waals surface area contributed by atoms with Crippen molar-refractivity contribution < 1.29 is 17.8 Å². The standard InChI is InChI=1S/C9H13BrN2S/c1-7-3-2-4-12(6-7)9-11-5-8(10)13-9/h5,7H,2-4,6H2,1H3/i1D3,2D2,3D2,4D2,5D,6D2,7D. The van der Waals surface area contributed by atoms with Crippen LogP contribution in [0.25, 0.3) is 0 Å². The van der Waals surface area contributed by atoms with Crippen molar-refractivity contribution in [3.8, 4) is 0 Å². The molecular formula is C9H13BrN2S. The minimum absolute atomic E-state index is 0.0220. The highest BCUT2D eigenvalue weighted by Gasteiger charge is 2.18. The van der Waals surface area contributed by atoms with Crippen molar-refractivity contribution in [2.24, 2.45) is 5.89 Å². The molecule has 13 heavy (non-hydrogen) atoms. The Balaban J connectivity index is 2.92. The fraction of sp³-hybridized carbons (Fsp3) is 0.667. The third-order valence-electron chi connectivity index (χ3n) is 1.19. The van der Waals surface area contributed by atoms with Gasteiger partial charge in [0.2, 0.25) is 0 Å². The highest BCUT2D eigenvalue weighted by Crippen LogP contribution is 2.29. The molecule has 2 rings (SSSR count). The summed E-state index contributed by atoms with van der Waals surface area (Å²) in [5.74, 6) is -3.71. The van der Waals surface area contributed by atoms with Crippen LogP contribution >= 0.6 is 27.3 Å². The van der Waals surface area contributed by atoms with E-state index in [1.807, 2.05) is 0 Å². The highest BCUT2D eigenvalue weighted by atomic mass is 79.9. The lowest BCUT2D eigenvalue weighted by molar-refractivity contribution is 0.446. The molecule has 1 unspecified atom stereocenters. The summed E-state index contributed by atoms with van der Waals surface area (Å²) in [6, 6.07) is 0. The van der Waals surface area contributed by atoms with Crippen molar-refractivity contribution in [3.63, 3.8) is 0 Å². The molecule has 0 aromatic carbocycles. The molecule has 1 aliphatic rings. The summed E-state index contributed by atoms with van der Waals surface area (Å²) in [6.45, 7) is -10.6. The molecule has 1 aromatic heterocycles. The molecule has 2 nitrogen and oxygen atoms in total. The molecule has 0 spiro atoms. The second-order valence-electron chi connectivity index (χ2n) is 2.07. The molecule has 1 aromatic rings. The van der Waals surface area contributed by atoms with E-state index < -0.39 is 49.8 Å². The lowest BCUT2D eigenvalue weighted by Gasteiger charge is -2.30. The van der Waals surface area contributed by atoms with E-state index in [1.165, 1.54) is 0 Å². The Labute approximate surface area is 109 Å². The van der Waals surface area contributed by atoms with Gasteiger partial charge in [0.05, 0.1) is 11.3 Å². The number of nitrogens with zero attached hydrogens (tertiary/aromatic N) is 2. The van der Waals surface area contributed by atoms with E-state index >= 15 is 0 Å². The van der Waals surface area contributed by atoms with Crippen molar-refractivity contribution in [1.82, 2.24) is 4.98 Å². The maximum Gasteiger partial charge on any atom is 0.186 e. The van der Waals surface area contributed by atoms with Crippen LogP contribution in [0.3, 0.4) is 0 Å². The predicted octanol–water partition coefficient (Wildman–Crippen LogP) is 3.14. The Morgan fingerprint density at radius 3 is 3.69 bits per heavy atom. The Morgan fingerprint density at radius 1 is 2.08 bits per heavy atom. The molecule has 0 bridgehead atoms. The fourth-order valence-corrected chi connectivity index (χ4v) is 1.77. The number of aromatic nitrogens is 1. The summed E-state index contributed by atoms with van der Waals surface area (Å²) >= 11 is 3.49. The monoisotopic (exact) mass is 273 g/mol. The molecule has 1 saturated heterocycles. The largest absolute Gasteiger partial charge is 0.348 e. The SMILES string of the molecule is [2H]c1nc(N2C([2H])([2H])C([2H])([2H])C([2H])([2H])C([2H])(C([2H])([2H])[2H])C2([2H])[2H])sc1Br. The minimum Gasteiger partial charge on any atom is -0.348 e. The number of anilines is 1. The van der Waals surface area contributed by atoms with Crippen LogP contribution in [0, 0.1) is 5.89 Å². The van der Waals surface area contributed by atoms with Crippen molar-refractivity contribution in [1.29, 1.82) is 0 Å². The van der Waals surface area contributed by atoms with Crippen molar-refractivity contribution in [3.05, 3.63) is 9.96 Å². The van der Waals surface area contributed by atoms with Crippen LogP contribution in [0.4, 0.5) is 5.13 Å². The van der Waals surface area contributed by atoms with E-state index in [0.29, 0.717) is 11.3 Å². The van der Waals surface area contributed by atoms with Gasteiger partial charge in [0, 0.05) is 29.4 Å². The van der Waals surface area contributed by atoms with Crippen molar-refractivity contribution in [2.45, 2.75) is 19.6 Å². The third kappa shape index (κ3) is 2.23. The predicted molar refractivity (Wildman–Crippen MR) is 60.4 cm³/mol. The number of hydrogen-bond acceptors (Lipinski definition) is 3. The van der Waals surface area contributed by atoms with Crippen LogP contribution in [0.15, 0.2) is 9.96 Å². The molecule has 0 aliphatic carbocycles. The molecule has 0 saturated carbocycles. The first-order chi connectivity index (χ1) is 11.3. The molecular weight excluding hydrogens is 248 g/mol. The first kappa shape index (κ1) is 2.53. The van der Waals surface area contributed by atoms with Gasteiger partial charge in [-0.1, -0.05) is 18.2 Å². The van der Waals surface area contributed by atoms with E-state index in [0.717, 1.165) is 0 Å². The summed E-state index contributed by atoms with van der Waals surface area (Å²) < 4.78 is 103. The van der Waals surface area contributed by atoms with Gasteiger partial charge in [-0.2, -0.15) is 0 Å². The zero-order valence-electron chi connectivity index (χ0n) is 19.2. The van der Waals surface area contributed by atoms with Crippen LogP contribution in [-0.2, 0) is 0 Å². The molecule has 2 heterocycles.